The first-order chi connectivity index (χ1) is 11.2. The molecule has 1 unspecified atom stereocenters. The minimum absolute atomic E-state index is 0.134. The number of nitrogens with one attached hydrogen (secondary N) is 4. The van der Waals surface area contributed by atoms with Crippen LogP contribution in [-0.2, 0) is 19.2 Å². The summed E-state index contributed by atoms with van der Waals surface area (Å²) in [6, 6.07) is -1.30. The van der Waals surface area contributed by atoms with Gasteiger partial charge in [-0.15, -0.1) is 0 Å². The zero-order chi connectivity index (χ0) is 18.3. The molecule has 0 radical (unpaired) electrons. The summed E-state index contributed by atoms with van der Waals surface area (Å²) in [6.07, 6.45) is 0.535. The number of carbonyl (C=O) groups excluding carboxylic acids is 4. The molecule has 4 atom stereocenters. The summed E-state index contributed by atoms with van der Waals surface area (Å²) in [6.45, 7) is 6.96. The highest BCUT2D eigenvalue weighted by atomic mass is 16.2. The smallest absolute Gasteiger partial charge is 0.222 e. The molecule has 8 heteroatoms. The highest BCUT2D eigenvalue weighted by Crippen LogP contribution is 2.01. The second-order valence-corrected chi connectivity index (χ2v) is 6.69. The number of carbonyl (C=O) groups is 4. The van der Waals surface area contributed by atoms with Crippen molar-refractivity contribution in [2.24, 2.45) is 0 Å². The molecule has 1 aliphatic rings. The second-order valence-electron chi connectivity index (χ2n) is 6.69. The predicted octanol–water partition coefficient (Wildman–Crippen LogP) is -0.421. The van der Waals surface area contributed by atoms with Gasteiger partial charge in [0, 0.05) is 49.9 Å². The van der Waals surface area contributed by atoms with E-state index in [-0.39, 0.29) is 73.5 Å². The molecular formula is C16H28N4O4. The number of amides is 4. The molecule has 0 aromatic rings. The fourth-order valence-corrected chi connectivity index (χ4v) is 2.65. The Labute approximate surface area is 142 Å². The molecule has 136 valence electrons. The summed E-state index contributed by atoms with van der Waals surface area (Å²) in [7, 11) is 0. The zero-order valence-corrected chi connectivity index (χ0v) is 14.8. The van der Waals surface area contributed by atoms with Crippen LogP contribution in [-0.4, -0.2) is 47.8 Å². The average Bonchev–Trinajstić information content (AvgIpc) is 2.34. The van der Waals surface area contributed by atoms with E-state index in [1.54, 1.807) is 27.7 Å². The van der Waals surface area contributed by atoms with Gasteiger partial charge in [-0.2, -0.15) is 0 Å². The van der Waals surface area contributed by atoms with Crippen LogP contribution in [0.4, 0.5) is 0 Å². The van der Waals surface area contributed by atoms with Gasteiger partial charge < -0.3 is 21.3 Å². The highest BCUT2D eigenvalue weighted by molar-refractivity contribution is 5.83. The van der Waals surface area contributed by atoms with Gasteiger partial charge >= 0.3 is 0 Å². The quantitative estimate of drug-likeness (QED) is 0.479. The van der Waals surface area contributed by atoms with Crippen molar-refractivity contribution in [1.82, 2.24) is 21.3 Å². The Morgan fingerprint density at radius 2 is 0.667 bits per heavy atom. The second kappa shape index (κ2) is 9.24. The first-order valence-electron chi connectivity index (χ1n) is 8.33. The van der Waals surface area contributed by atoms with Crippen LogP contribution < -0.4 is 21.3 Å². The normalized spacial score (nSPS) is 31.5. The molecule has 0 aliphatic carbocycles. The molecule has 0 spiro atoms. The monoisotopic (exact) mass is 340 g/mol. The third-order valence-corrected chi connectivity index (χ3v) is 3.60. The molecule has 1 rings (SSSR count). The van der Waals surface area contributed by atoms with E-state index in [9.17, 15) is 19.2 Å². The summed E-state index contributed by atoms with van der Waals surface area (Å²) in [5, 5.41) is 11.0. The average molecular weight is 340 g/mol. The Hall–Kier alpha value is -2.12. The largest absolute Gasteiger partial charge is 0.353 e. The number of hydrogen-bond donors (Lipinski definition) is 4. The lowest BCUT2D eigenvalue weighted by molar-refractivity contribution is -0.124. The maximum atomic E-state index is 11.9. The van der Waals surface area contributed by atoms with E-state index in [4.69, 9.17) is 0 Å². The van der Waals surface area contributed by atoms with Gasteiger partial charge in [-0.25, -0.2) is 0 Å². The molecule has 1 heterocycles. The topological polar surface area (TPSA) is 116 Å². The van der Waals surface area contributed by atoms with Crippen LogP contribution in [0.1, 0.15) is 53.4 Å². The Morgan fingerprint density at radius 3 is 0.833 bits per heavy atom. The summed E-state index contributed by atoms with van der Waals surface area (Å²) in [5.41, 5.74) is 0. The molecule has 1 saturated heterocycles. The lowest BCUT2D eigenvalue weighted by atomic mass is 10.1. The minimum atomic E-state index is -0.325. The van der Waals surface area contributed by atoms with E-state index in [0.29, 0.717) is 0 Å². The predicted molar refractivity (Wildman–Crippen MR) is 88.9 cm³/mol. The molecule has 24 heavy (non-hydrogen) atoms. The van der Waals surface area contributed by atoms with Crippen molar-refractivity contribution in [3.05, 3.63) is 0 Å². The van der Waals surface area contributed by atoms with Gasteiger partial charge in [0.2, 0.25) is 23.6 Å². The van der Waals surface area contributed by atoms with Gasteiger partial charge in [0.25, 0.3) is 0 Å². The fourth-order valence-electron chi connectivity index (χ4n) is 2.65. The zero-order valence-electron chi connectivity index (χ0n) is 14.8. The van der Waals surface area contributed by atoms with E-state index >= 15 is 0 Å². The summed E-state index contributed by atoms with van der Waals surface area (Å²) in [5.74, 6) is -0.872. The molecule has 8 nitrogen and oxygen atoms in total. The van der Waals surface area contributed by atoms with Gasteiger partial charge in [-0.1, -0.05) is 0 Å². The Kier molecular flexibility index (Phi) is 7.67. The van der Waals surface area contributed by atoms with Gasteiger partial charge in [0.15, 0.2) is 0 Å². The minimum Gasteiger partial charge on any atom is -0.353 e. The van der Waals surface area contributed by atoms with Crippen LogP contribution in [0.2, 0.25) is 0 Å². The van der Waals surface area contributed by atoms with E-state index in [0.717, 1.165) is 0 Å². The van der Waals surface area contributed by atoms with Gasteiger partial charge in [0.05, 0.1) is 0 Å². The van der Waals surface area contributed by atoms with E-state index < -0.39 is 0 Å². The Balaban J connectivity index is 2.76. The van der Waals surface area contributed by atoms with Crippen molar-refractivity contribution in [2.45, 2.75) is 77.5 Å². The summed E-state index contributed by atoms with van der Waals surface area (Å²) >= 11 is 0. The van der Waals surface area contributed by atoms with Crippen LogP contribution in [0.25, 0.3) is 0 Å². The van der Waals surface area contributed by atoms with Crippen molar-refractivity contribution < 1.29 is 19.2 Å². The molecular weight excluding hydrogens is 312 g/mol. The SMILES string of the molecule is CC1CC(=O)N[C@@H](C)CC(=O)N[C@@H](C)CC(=O)N[C@@H](C)CC(=O)N1. The van der Waals surface area contributed by atoms with Crippen molar-refractivity contribution in [2.75, 3.05) is 0 Å². The Bertz CT molecular complexity index is 374. The van der Waals surface area contributed by atoms with Crippen molar-refractivity contribution in [1.29, 1.82) is 0 Å². The first kappa shape index (κ1) is 19.9. The van der Waals surface area contributed by atoms with Crippen LogP contribution in [0, 0.1) is 0 Å². The molecule has 1 aliphatic heterocycles. The standard InChI is InChI=1S/C16H28N4O4/c1-9-5-13(21)18-11(3)7-15(23)20-12(4)8-16(24)19-10(2)6-14(22)17-9/h9-12H,5-8H2,1-4H3,(H,17,22)(H,18,21)(H,19,24)(H,20,23)/t9-,10-,11-,12?/m0/s1. The Morgan fingerprint density at radius 1 is 0.500 bits per heavy atom. The molecule has 0 aromatic heterocycles. The molecule has 4 N–H and O–H groups in total. The van der Waals surface area contributed by atoms with Crippen LogP contribution in [0.15, 0.2) is 0 Å². The molecule has 0 aromatic carbocycles. The van der Waals surface area contributed by atoms with Crippen molar-refractivity contribution >= 4 is 23.6 Å². The van der Waals surface area contributed by atoms with E-state index in [1.807, 2.05) is 0 Å². The number of rotatable bonds is 0. The molecule has 0 bridgehead atoms. The third kappa shape index (κ3) is 7.94. The third-order valence-electron chi connectivity index (χ3n) is 3.60. The molecule has 4 amide bonds. The lowest BCUT2D eigenvalue weighted by Crippen LogP contribution is -2.46. The van der Waals surface area contributed by atoms with Crippen LogP contribution >= 0.6 is 0 Å². The van der Waals surface area contributed by atoms with Crippen LogP contribution in [0.3, 0.4) is 0 Å². The molecule has 0 saturated carbocycles. The lowest BCUT2D eigenvalue weighted by Gasteiger charge is -2.21. The van der Waals surface area contributed by atoms with Gasteiger partial charge in [-0.3, -0.25) is 19.2 Å². The van der Waals surface area contributed by atoms with Crippen molar-refractivity contribution in [3.63, 3.8) is 0 Å². The van der Waals surface area contributed by atoms with Gasteiger partial charge in [-0.05, 0) is 27.7 Å². The summed E-state index contributed by atoms with van der Waals surface area (Å²) < 4.78 is 0. The summed E-state index contributed by atoms with van der Waals surface area (Å²) in [4.78, 5) is 47.7. The maximum Gasteiger partial charge on any atom is 0.222 e. The van der Waals surface area contributed by atoms with Crippen molar-refractivity contribution in [3.8, 4) is 0 Å². The first-order valence-corrected chi connectivity index (χ1v) is 8.33. The van der Waals surface area contributed by atoms with Crippen LogP contribution in [0.5, 0.6) is 0 Å². The van der Waals surface area contributed by atoms with E-state index in [2.05, 4.69) is 21.3 Å². The fraction of sp³-hybridized carbons (Fsp3) is 0.750. The maximum absolute atomic E-state index is 11.9. The number of hydrogen-bond acceptors (Lipinski definition) is 4. The highest BCUT2D eigenvalue weighted by Gasteiger charge is 2.20. The molecule has 1 fully saturated rings. The van der Waals surface area contributed by atoms with E-state index in [1.165, 1.54) is 0 Å². The van der Waals surface area contributed by atoms with Gasteiger partial charge in [0.1, 0.15) is 0 Å².